The minimum absolute atomic E-state index is 0.0150. The largest absolute Gasteiger partial charge is 0.484 e. The highest BCUT2D eigenvalue weighted by molar-refractivity contribution is 5.41. The molecule has 0 aromatic heterocycles. The van der Waals surface area contributed by atoms with E-state index >= 15 is 0 Å². The summed E-state index contributed by atoms with van der Waals surface area (Å²) in [6.07, 6.45) is 0.793. The highest BCUT2D eigenvalue weighted by Gasteiger charge is 2.40. The minimum Gasteiger partial charge on any atom is -0.484 e. The maximum absolute atomic E-state index is 6.25. The molecule has 2 rings (SSSR count). The zero-order valence-electron chi connectivity index (χ0n) is 11.0. The van der Waals surface area contributed by atoms with Crippen molar-refractivity contribution in [2.24, 2.45) is 5.73 Å². The summed E-state index contributed by atoms with van der Waals surface area (Å²) >= 11 is 0. The molecule has 1 aromatic rings. The number of aryl methyl sites for hydroxylation is 1. The van der Waals surface area contributed by atoms with E-state index in [0.717, 1.165) is 17.7 Å². The average Bonchev–Trinajstić information content (AvgIpc) is 2.29. The van der Waals surface area contributed by atoms with Crippen LogP contribution in [0.25, 0.3) is 0 Å². The molecule has 0 saturated carbocycles. The molecule has 0 aliphatic carbocycles. The fourth-order valence-corrected chi connectivity index (χ4v) is 2.39. The van der Waals surface area contributed by atoms with Crippen molar-refractivity contribution >= 4 is 0 Å². The van der Waals surface area contributed by atoms with Crippen LogP contribution >= 0.6 is 0 Å². The average molecular weight is 235 g/mol. The Labute approximate surface area is 103 Å². The molecule has 3 heteroatoms. The van der Waals surface area contributed by atoms with E-state index in [-0.39, 0.29) is 17.7 Å². The summed E-state index contributed by atoms with van der Waals surface area (Å²) < 4.78 is 11.5. The molecule has 0 spiro atoms. The molecule has 1 aliphatic rings. The molecule has 94 valence electrons. The number of hydrogen-bond donors (Lipinski definition) is 1. The van der Waals surface area contributed by atoms with Crippen molar-refractivity contribution < 1.29 is 9.47 Å². The molecule has 1 aliphatic heterocycles. The second kappa shape index (κ2) is 4.31. The van der Waals surface area contributed by atoms with Crippen LogP contribution in [-0.2, 0) is 4.74 Å². The van der Waals surface area contributed by atoms with Gasteiger partial charge in [-0.2, -0.15) is 0 Å². The molecule has 0 fully saturated rings. The van der Waals surface area contributed by atoms with Gasteiger partial charge in [0.15, 0.2) is 0 Å². The van der Waals surface area contributed by atoms with Crippen LogP contribution in [0, 0.1) is 6.92 Å². The van der Waals surface area contributed by atoms with Crippen LogP contribution < -0.4 is 10.5 Å². The van der Waals surface area contributed by atoms with E-state index in [1.165, 1.54) is 5.56 Å². The molecule has 1 aromatic carbocycles. The highest BCUT2D eigenvalue weighted by atomic mass is 16.5. The first kappa shape index (κ1) is 12.4. The van der Waals surface area contributed by atoms with Gasteiger partial charge in [0.2, 0.25) is 0 Å². The lowest BCUT2D eigenvalue weighted by atomic mass is 9.85. The first-order chi connectivity index (χ1) is 7.96. The number of ether oxygens (including phenoxy) is 2. The highest BCUT2D eigenvalue weighted by Crippen LogP contribution is 2.40. The van der Waals surface area contributed by atoms with E-state index in [4.69, 9.17) is 15.2 Å². The topological polar surface area (TPSA) is 44.5 Å². The van der Waals surface area contributed by atoms with Crippen molar-refractivity contribution in [3.63, 3.8) is 0 Å². The van der Waals surface area contributed by atoms with E-state index in [1.807, 2.05) is 13.0 Å². The molecular formula is C14H21NO2. The molecule has 2 unspecified atom stereocenters. The lowest BCUT2D eigenvalue weighted by molar-refractivity contribution is -0.0707. The molecular weight excluding hydrogens is 214 g/mol. The molecule has 0 saturated heterocycles. The summed E-state index contributed by atoms with van der Waals surface area (Å²) in [7, 11) is 1.70. The molecule has 17 heavy (non-hydrogen) atoms. The van der Waals surface area contributed by atoms with Gasteiger partial charge < -0.3 is 15.2 Å². The van der Waals surface area contributed by atoms with Crippen LogP contribution in [0.1, 0.15) is 37.4 Å². The number of nitrogens with two attached hydrogens (primary N) is 1. The summed E-state index contributed by atoms with van der Waals surface area (Å²) in [6, 6.07) is 6.18. The number of methoxy groups -OCH3 is 1. The normalized spacial score (nSPS) is 29.4. The van der Waals surface area contributed by atoms with Gasteiger partial charge in [0.05, 0.1) is 6.10 Å². The molecule has 3 nitrogen and oxygen atoms in total. The first-order valence-electron chi connectivity index (χ1n) is 6.04. The van der Waals surface area contributed by atoms with Crippen LogP contribution in [-0.4, -0.2) is 18.8 Å². The fraction of sp³-hybridized carbons (Fsp3) is 0.571. The monoisotopic (exact) mass is 235 g/mol. The SMILES string of the molecule is COC(C)C1(C)C[C@@H](N)c2cc(C)ccc2O1. The lowest BCUT2D eigenvalue weighted by Crippen LogP contribution is -2.49. The maximum atomic E-state index is 6.25. The fourth-order valence-electron chi connectivity index (χ4n) is 2.39. The summed E-state index contributed by atoms with van der Waals surface area (Å²) in [4.78, 5) is 0. The summed E-state index contributed by atoms with van der Waals surface area (Å²) in [6.45, 7) is 6.15. The Kier molecular flexibility index (Phi) is 3.15. The molecule has 0 bridgehead atoms. The van der Waals surface area contributed by atoms with Crippen LogP contribution in [0.3, 0.4) is 0 Å². The third-order valence-electron chi connectivity index (χ3n) is 3.75. The van der Waals surface area contributed by atoms with Crippen LogP contribution in [0.4, 0.5) is 0 Å². The Morgan fingerprint density at radius 2 is 2.24 bits per heavy atom. The third kappa shape index (κ3) is 2.17. The van der Waals surface area contributed by atoms with E-state index in [1.54, 1.807) is 7.11 Å². The van der Waals surface area contributed by atoms with Crippen molar-refractivity contribution in [3.8, 4) is 5.75 Å². The van der Waals surface area contributed by atoms with Gasteiger partial charge in [0.1, 0.15) is 11.4 Å². The Hall–Kier alpha value is -1.06. The number of hydrogen-bond acceptors (Lipinski definition) is 3. The van der Waals surface area contributed by atoms with E-state index in [2.05, 4.69) is 26.0 Å². The van der Waals surface area contributed by atoms with Gasteiger partial charge in [-0.3, -0.25) is 0 Å². The van der Waals surface area contributed by atoms with Gasteiger partial charge in [0.25, 0.3) is 0 Å². The number of fused-ring (bicyclic) bond motifs is 1. The van der Waals surface area contributed by atoms with Crippen molar-refractivity contribution in [1.29, 1.82) is 0 Å². The van der Waals surface area contributed by atoms with Gasteiger partial charge in [-0.1, -0.05) is 17.7 Å². The minimum atomic E-state index is -0.351. The number of benzene rings is 1. The van der Waals surface area contributed by atoms with Gasteiger partial charge >= 0.3 is 0 Å². The van der Waals surface area contributed by atoms with Gasteiger partial charge in [-0.25, -0.2) is 0 Å². The zero-order valence-corrected chi connectivity index (χ0v) is 11.0. The predicted molar refractivity (Wildman–Crippen MR) is 68.2 cm³/mol. The summed E-state index contributed by atoms with van der Waals surface area (Å²) in [5, 5.41) is 0. The number of rotatable bonds is 2. The quantitative estimate of drug-likeness (QED) is 0.856. The first-order valence-corrected chi connectivity index (χ1v) is 6.04. The van der Waals surface area contributed by atoms with E-state index in [9.17, 15) is 0 Å². The maximum Gasteiger partial charge on any atom is 0.134 e. The Balaban J connectivity index is 2.36. The predicted octanol–water partition coefficient (Wildman–Crippen LogP) is 2.57. The molecule has 0 radical (unpaired) electrons. The second-order valence-corrected chi connectivity index (χ2v) is 5.14. The lowest BCUT2D eigenvalue weighted by Gasteiger charge is -2.42. The zero-order chi connectivity index (χ0) is 12.6. The Bertz CT molecular complexity index is 419. The van der Waals surface area contributed by atoms with Crippen molar-refractivity contribution in [1.82, 2.24) is 0 Å². The van der Waals surface area contributed by atoms with Gasteiger partial charge in [-0.15, -0.1) is 0 Å². The van der Waals surface area contributed by atoms with Crippen LogP contribution in [0.15, 0.2) is 18.2 Å². The standard InChI is InChI=1S/C14H21NO2/c1-9-5-6-13-11(7-9)12(15)8-14(3,17-13)10(2)16-4/h5-7,10,12H,8,15H2,1-4H3/t10?,12-,14?/m1/s1. The van der Waals surface area contributed by atoms with E-state index < -0.39 is 0 Å². The Morgan fingerprint density at radius 1 is 1.53 bits per heavy atom. The molecule has 1 heterocycles. The van der Waals surface area contributed by atoms with Crippen molar-refractivity contribution in [3.05, 3.63) is 29.3 Å². The molecule has 2 N–H and O–H groups in total. The smallest absolute Gasteiger partial charge is 0.134 e. The summed E-state index contributed by atoms with van der Waals surface area (Å²) in [5.74, 6) is 0.890. The second-order valence-electron chi connectivity index (χ2n) is 5.14. The van der Waals surface area contributed by atoms with Crippen LogP contribution in [0.2, 0.25) is 0 Å². The Morgan fingerprint density at radius 3 is 2.88 bits per heavy atom. The van der Waals surface area contributed by atoms with Crippen molar-refractivity contribution in [2.75, 3.05) is 7.11 Å². The van der Waals surface area contributed by atoms with Crippen molar-refractivity contribution in [2.45, 2.75) is 44.9 Å². The molecule has 0 amide bonds. The summed E-state index contributed by atoms with van der Waals surface area (Å²) in [5.41, 5.74) is 8.21. The van der Waals surface area contributed by atoms with Gasteiger partial charge in [-0.05, 0) is 26.8 Å². The van der Waals surface area contributed by atoms with Gasteiger partial charge in [0, 0.05) is 25.1 Å². The van der Waals surface area contributed by atoms with Crippen LogP contribution in [0.5, 0.6) is 5.75 Å². The molecule has 3 atom stereocenters. The van der Waals surface area contributed by atoms with E-state index in [0.29, 0.717) is 0 Å². The third-order valence-corrected chi connectivity index (χ3v) is 3.75.